The largest absolute Gasteiger partial charge is 0.478 e. The molecule has 0 aromatic carbocycles. The van der Waals surface area contributed by atoms with Crippen LogP contribution in [0.15, 0.2) is 0 Å². The fourth-order valence-electron chi connectivity index (χ4n) is 0.298. The van der Waals surface area contributed by atoms with Crippen LogP contribution in [0.2, 0.25) is 0 Å². The molecule has 0 aromatic heterocycles. The summed E-state index contributed by atoms with van der Waals surface area (Å²) in [5.74, 6) is 0.222. The Bertz CT molecular complexity index is 74.4. The molecule has 0 bridgehead atoms. The fraction of sp³-hybridized carbons (Fsp3) is 1.00. The van der Waals surface area contributed by atoms with Crippen LogP contribution in [0, 0.1) is 5.92 Å². The van der Waals surface area contributed by atoms with Gasteiger partial charge < -0.3 is 18.4 Å². The Hall–Kier alpha value is 0.830. The molecule has 1 atom stereocenters. The van der Waals surface area contributed by atoms with E-state index in [1.54, 1.807) is 0 Å². The molecule has 0 spiro atoms. The smallest absolute Gasteiger partial charge is 0.132 e. The third-order valence-corrected chi connectivity index (χ3v) is 2.44. The van der Waals surface area contributed by atoms with Crippen molar-refractivity contribution in [1.82, 2.24) is 6.15 Å². The number of rotatable bonds is 2. The first kappa shape index (κ1) is 11.6. The fourth-order valence-corrected chi connectivity index (χ4v) is 2.68. The number of hydrogen-bond acceptors (Lipinski definition) is 2. The molecule has 1 nitrogen and oxygen atoms in total. The van der Waals surface area contributed by atoms with E-state index in [9.17, 15) is 0 Å². The maximum atomic E-state index is 4.83. The standard InChI is InChI=1S/C4H9PS2.H3N/c1-4(2)3-5(6)7;/h4H,3H2,1-2H3;1H3/p+1. The minimum absolute atomic E-state index is 0. The van der Waals surface area contributed by atoms with Crippen LogP contribution in [0.4, 0.5) is 0 Å². The molecule has 0 aliphatic rings. The molecular formula is C4H13NPS2+. The van der Waals surface area contributed by atoms with Gasteiger partial charge in [-0.05, 0) is 5.92 Å². The van der Waals surface area contributed by atoms with E-state index in [0.29, 0.717) is 5.92 Å². The van der Waals surface area contributed by atoms with Gasteiger partial charge in [0.25, 0.3) is 0 Å². The van der Waals surface area contributed by atoms with Crippen LogP contribution >= 0.6 is 5.90 Å². The van der Waals surface area contributed by atoms with Crippen molar-refractivity contribution in [3.8, 4) is 0 Å². The van der Waals surface area contributed by atoms with E-state index in [-0.39, 0.29) is 6.15 Å². The van der Waals surface area contributed by atoms with Crippen LogP contribution in [-0.4, -0.2) is 6.16 Å². The molecule has 0 aromatic rings. The summed E-state index contributed by atoms with van der Waals surface area (Å²) >= 11 is 9.67. The average molecular weight is 170 g/mol. The van der Waals surface area contributed by atoms with Gasteiger partial charge in [-0.25, -0.2) is 0 Å². The maximum Gasteiger partial charge on any atom is 0.132 e. The quantitative estimate of drug-likeness (QED) is 0.510. The molecule has 1 unspecified atom stereocenters. The van der Waals surface area contributed by atoms with Gasteiger partial charge in [-0.2, -0.15) is 0 Å². The summed E-state index contributed by atoms with van der Waals surface area (Å²) in [6.07, 6.45) is 1.06. The summed E-state index contributed by atoms with van der Waals surface area (Å²) < 4.78 is 0. The van der Waals surface area contributed by atoms with Crippen LogP contribution < -0.4 is 6.15 Å². The molecule has 0 aliphatic heterocycles. The summed E-state index contributed by atoms with van der Waals surface area (Å²) in [5, 5.41) is 0. The van der Waals surface area contributed by atoms with Gasteiger partial charge >= 0.3 is 0 Å². The van der Waals surface area contributed by atoms with Crippen molar-refractivity contribution in [2.45, 2.75) is 13.8 Å². The van der Waals surface area contributed by atoms with E-state index in [1.165, 1.54) is 0 Å². The van der Waals surface area contributed by atoms with E-state index in [1.807, 2.05) is 0 Å². The minimum atomic E-state index is -0.473. The van der Waals surface area contributed by atoms with Crippen molar-refractivity contribution >= 4 is 30.0 Å². The highest BCUT2D eigenvalue weighted by Crippen LogP contribution is 2.19. The number of hydrogen-bond donors (Lipinski definition) is 1. The second-order valence-corrected chi connectivity index (χ2v) is 6.28. The zero-order valence-corrected chi connectivity index (χ0v) is 8.08. The first-order valence-electron chi connectivity index (χ1n) is 2.24. The summed E-state index contributed by atoms with van der Waals surface area (Å²) in [6.45, 7) is 4.29. The Morgan fingerprint density at radius 2 is 2.00 bits per heavy atom. The Balaban J connectivity index is 0. The molecule has 50 valence electrons. The molecule has 8 heavy (non-hydrogen) atoms. The average Bonchev–Trinajstić information content (AvgIpc) is 1.27. The van der Waals surface area contributed by atoms with Crippen molar-refractivity contribution in [2.24, 2.45) is 5.92 Å². The van der Waals surface area contributed by atoms with Crippen molar-refractivity contribution in [1.29, 1.82) is 0 Å². The Kier molecular flexibility index (Phi) is 8.64. The SMILES string of the molecule is CC(C)C[P+](=S)[S-].[NH4+]. The second-order valence-electron chi connectivity index (χ2n) is 1.91. The number of quaternary nitrogens is 1. The van der Waals surface area contributed by atoms with Crippen molar-refractivity contribution < 1.29 is 0 Å². The van der Waals surface area contributed by atoms with Crippen molar-refractivity contribution in [2.75, 3.05) is 6.16 Å². The molecular weight excluding hydrogens is 157 g/mol. The molecule has 0 radical (unpaired) electrons. The summed E-state index contributed by atoms with van der Waals surface area (Å²) in [5.41, 5.74) is 0. The lowest BCUT2D eigenvalue weighted by Crippen LogP contribution is -1.87. The molecule has 4 N–H and O–H groups in total. The monoisotopic (exact) mass is 170 g/mol. The predicted molar refractivity (Wildman–Crippen MR) is 47.3 cm³/mol. The van der Waals surface area contributed by atoms with Gasteiger partial charge in [-0.3, -0.25) is 0 Å². The summed E-state index contributed by atoms with van der Waals surface area (Å²) in [4.78, 5) is 0. The molecule has 0 saturated heterocycles. The highest BCUT2D eigenvalue weighted by molar-refractivity contribution is 8.47. The van der Waals surface area contributed by atoms with Gasteiger partial charge in [0, 0.05) is 5.90 Å². The molecule has 4 heteroatoms. The van der Waals surface area contributed by atoms with Crippen LogP contribution in [0.3, 0.4) is 0 Å². The van der Waals surface area contributed by atoms with Gasteiger partial charge in [0.1, 0.15) is 11.8 Å². The molecule has 0 amide bonds. The maximum absolute atomic E-state index is 4.83. The summed E-state index contributed by atoms with van der Waals surface area (Å²) in [7, 11) is 0. The lowest BCUT2D eigenvalue weighted by atomic mass is 10.3. The van der Waals surface area contributed by atoms with E-state index in [2.05, 4.69) is 13.8 Å². The molecule has 0 aliphatic carbocycles. The van der Waals surface area contributed by atoms with Crippen LogP contribution in [-0.2, 0) is 24.1 Å². The Morgan fingerprint density at radius 1 is 1.62 bits per heavy atom. The highest BCUT2D eigenvalue weighted by atomic mass is 32.9. The van der Waals surface area contributed by atoms with E-state index >= 15 is 0 Å². The normalized spacial score (nSPS) is 10.8. The van der Waals surface area contributed by atoms with E-state index < -0.39 is 5.90 Å². The van der Waals surface area contributed by atoms with Gasteiger partial charge in [-0.1, -0.05) is 13.8 Å². The predicted octanol–water partition coefficient (Wildman–Crippen LogP) is 2.42. The minimum Gasteiger partial charge on any atom is -0.478 e. The van der Waals surface area contributed by atoms with Crippen LogP contribution in [0.5, 0.6) is 0 Å². The molecule has 0 heterocycles. The van der Waals surface area contributed by atoms with Crippen LogP contribution in [0.25, 0.3) is 0 Å². The topological polar surface area (TPSA) is 36.5 Å². The third kappa shape index (κ3) is 9.95. The molecule has 0 rings (SSSR count). The van der Waals surface area contributed by atoms with Crippen molar-refractivity contribution in [3.05, 3.63) is 0 Å². The first-order valence-corrected chi connectivity index (χ1v) is 5.80. The van der Waals surface area contributed by atoms with E-state index in [0.717, 1.165) is 6.16 Å². The third-order valence-electron chi connectivity index (χ3n) is 0.514. The molecule has 0 fully saturated rings. The second kappa shape index (κ2) is 5.96. The van der Waals surface area contributed by atoms with Gasteiger partial charge in [-0.15, -0.1) is 0 Å². The van der Waals surface area contributed by atoms with Gasteiger partial charge in [0.15, 0.2) is 0 Å². The van der Waals surface area contributed by atoms with Gasteiger partial charge in [0.2, 0.25) is 0 Å². The zero-order valence-electron chi connectivity index (χ0n) is 5.55. The summed E-state index contributed by atoms with van der Waals surface area (Å²) in [6, 6.07) is 0. The highest BCUT2D eigenvalue weighted by Gasteiger charge is 1.96. The lowest BCUT2D eigenvalue weighted by molar-refractivity contribution is 0.749. The van der Waals surface area contributed by atoms with Crippen molar-refractivity contribution in [3.63, 3.8) is 0 Å². The zero-order chi connectivity index (χ0) is 5.86. The Labute approximate surface area is 62.4 Å². The molecule has 0 saturated carbocycles. The first-order chi connectivity index (χ1) is 3.13. The van der Waals surface area contributed by atoms with Gasteiger partial charge in [0.05, 0.1) is 6.16 Å². The Morgan fingerprint density at radius 3 is 2.00 bits per heavy atom. The van der Waals surface area contributed by atoms with E-state index in [4.69, 9.17) is 24.1 Å². The lowest BCUT2D eigenvalue weighted by Gasteiger charge is -1.95. The van der Waals surface area contributed by atoms with Crippen LogP contribution in [0.1, 0.15) is 13.8 Å².